The lowest BCUT2D eigenvalue weighted by Gasteiger charge is -2.18. The summed E-state index contributed by atoms with van der Waals surface area (Å²) in [5.74, 6) is 1.92. The van der Waals surface area contributed by atoms with Crippen molar-refractivity contribution in [3.05, 3.63) is 29.8 Å². The number of hydrogen-bond acceptors (Lipinski definition) is 4. The van der Waals surface area contributed by atoms with Crippen LogP contribution >= 0.6 is 11.8 Å². The van der Waals surface area contributed by atoms with Crippen LogP contribution in [-0.4, -0.2) is 37.3 Å². The van der Waals surface area contributed by atoms with Crippen LogP contribution in [0.1, 0.15) is 53.0 Å². The largest absolute Gasteiger partial charge is 0.493 e. The molecule has 0 saturated carbocycles. The normalized spacial score (nSPS) is 14.0. The van der Waals surface area contributed by atoms with Crippen LogP contribution in [0.2, 0.25) is 0 Å². The third-order valence-corrected chi connectivity index (χ3v) is 6.59. The third kappa shape index (κ3) is 7.90. The number of benzene rings is 1. The topological polar surface area (TPSA) is 55.4 Å². The molecule has 1 aromatic rings. The maximum absolute atomic E-state index is 11.8. The van der Waals surface area contributed by atoms with Gasteiger partial charge in [0.05, 0.1) is 11.9 Å². The van der Waals surface area contributed by atoms with Crippen molar-refractivity contribution in [3.63, 3.8) is 0 Å². The van der Waals surface area contributed by atoms with Crippen molar-refractivity contribution in [2.75, 3.05) is 18.9 Å². The SMILES string of the molecule is CC(CNS(=O)(=O)C(C)C)c1ccc(OCCSC(C)(C)C)cc1. The predicted octanol–water partition coefficient (Wildman–Crippen LogP) is 4.03. The molecule has 1 N–H and O–H groups in total. The third-order valence-electron chi connectivity index (χ3n) is 3.55. The number of sulfonamides is 1. The van der Waals surface area contributed by atoms with Gasteiger partial charge in [-0.05, 0) is 37.5 Å². The molecule has 0 radical (unpaired) electrons. The first kappa shape index (κ1) is 21.3. The molecule has 0 saturated heterocycles. The van der Waals surface area contributed by atoms with Gasteiger partial charge < -0.3 is 4.74 Å². The van der Waals surface area contributed by atoms with Gasteiger partial charge in [-0.25, -0.2) is 13.1 Å². The number of nitrogens with one attached hydrogen (secondary N) is 1. The van der Waals surface area contributed by atoms with Gasteiger partial charge in [0.2, 0.25) is 10.0 Å². The van der Waals surface area contributed by atoms with E-state index in [-0.39, 0.29) is 10.7 Å². The van der Waals surface area contributed by atoms with Gasteiger partial charge >= 0.3 is 0 Å². The highest BCUT2D eigenvalue weighted by Crippen LogP contribution is 2.23. The monoisotopic (exact) mass is 373 g/mol. The lowest BCUT2D eigenvalue weighted by Crippen LogP contribution is -2.33. The van der Waals surface area contributed by atoms with Crippen LogP contribution in [0, 0.1) is 0 Å². The molecule has 1 atom stereocenters. The standard InChI is InChI=1S/C18H31NO3S2/c1-14(2)24(20,21)19-13-15(3)16-7-9-17(10-8-16)22-11-12-23-18(4,5)6/h7-10,14-15,19H,11-13H2,1-6H3. The van der Waals surface area contributed by atoms with Crippen LogP contribution < -0.4 is 9.46 Å². The maximum atomic E-state index is 11.8. The summed E-state index contributed by atoms with van der Waals surface area (Å²) >= 11 is 1.88. The number of hydrogen-bond donors (Lipinski definition) is 1. The first-order chi connectivity index (χ1) is 11.0. The Morgan fingerprint density at radius 2 is 1.71 bits per heavy atom. The fourth-order valence-corrected chi connectivity index (χ4v) is 3.52. The van der Waals surface area contributed by atoms with Crippen molar-refractivity contribution in [1.29, 1.82) is 0 Å². The summed E-state index contributed by atoms with van der Waals surface area (Å²) in [7, 11) is -3.21. The molecule has 1 rings (SSSR count). The molecular weight excluding hydrogens is 342 g/mol. The summed E-state index contributed by atoms with van der Waals surface area (Å²) in [6.07, 6.45) is 0. The Labute approximate surface area is 151 Å². The van der Waals surface area contributed by atoms with Gasteiger partial charge in [-0.2, -0.15) is 11.8 Å². The highest BCUT2D eigenvalue weighted by atomic mass is 32.2. The average Bonchev–Trinajstić information content (AvgIpc) is 2.49. The van der Waals surface area contributed by atoms with E-state index in [0.29, 0.717) is 13.2 Å². The molecular formula is C18H31NO3S2. The van der Waals surface area contributed by atoms with Gasteiger partial charge in [0, 0.05) is 17.0 Å². The minimum Gasteiger partial charge on any atom is -0.493 e. The minimum atomic E-state index is -3.21. The van der Waals surface area contributed by atoms with E-state index < -0.39 is 15.3 Å². The second-order valence-electron chi connectivity index (χ2n) is 7.22. The molecule has 0 fully saturated rings. The van der Waals surface area contributed by atoms with E-state index in [1.165, 1.54) is 0 Å². The van der Waals surface area contributed by atoms with Crippen molar-refractivity contribution < 1.29 is 13.2 Å². The summed E-state index contributed by atoms with van der Waals surface area (Å²) in [5, 5.41) is -0.411. The van der Waals surface area contributed by atoms with Crippen LogP contribution in [-0.2, 0) is 10.0 Å². The molecule has 0 aliphatic heterocycles. The Bertz CT molecular complexity index is 590. The number of thioether (sulfide) groups is 1. The van der Waals surface area contributed by atoms with Crippen LogP contribution in [0.4, 0.5) is 0 Å². The van der Waals surface area contributed by atoms with E-state index in [0.717, 1.165) is 17.1 Å². The molecule has 0 aromatic heterocycles. The molecule has 1 unspecified atom stereocenters. The zero-order chi connectivity index (χ0) is 18.4. The van der Waals surface area contributed by atoms with Crippen molar-refractivity contribution in [3.8, 4) is 5.75 Å². The Morgan fingerprint density at radius 3 is 2.21 bits per heavy atom. The molecule has 0 aliphatic carbocycles. The molecule has 0 spiro atoms. The predicted molar refractivity (Wildman–Crippen MR) is 105 cm³/mol. The Morgan fingerprint density at radius 1 is 1.12 bits per heavy atom. The molecule has 4 nitrogen and oxygen atoms in total. The van der Waals surface area contributed by atoms with Crippen LogP contribution in [0.3, 0.4) is 0 Å². The van der Waals surface area contributed by atoms with Crippen molar-refractivity contribution in [1.82, 2.24) is 4.72 Å². The van der Waals surface area contributed by atoms with Gasteiger partial charge in [0.15, 0.2) is 0 Å². The molecule has 0 amide bonds. The van der Waals surface area contributed by atoms with E-state index in [9.17, 15) is 8.42 Å². The Hall–Kier alpha value is -0.720. The molecule has 24 heavy (non-hydrogen) atoms. The average molecular weight is 374 g/mol. The summed E-state index contributed by atoms with van der Waals surface area (Å²) in [6, 6.07) is 7.90. The summed E-state index contributed by atoms with van der Waals surface area (Å²) in [6.45, 7) is 13.0. The summed E-state index contributed by atoms with van der Waals surface area (Å²) in [5.41, 5.74) is 1.10. The summed E-state index contributed by atoms with van der Waals surface area (Å²) < 4.78 is 32.3. The molecule has 0 bridgehead atoms. The van der Waals surface area contributed by atoms with E-state index in [1.807, 2.05) is 43.0 Å². The maximum Gasteiger partial charge on any atom is 0.213 e. The fraction of sp³-hybridized carbons (Fsp3) is 0.667. The van der Waals surface area contributed by atoms with Crippen molar-refractivity contribution in [2.24, 2.45) is 0 Å². The van der Waals surface area contributed by atoms with Crippen LogP contribution in [0.5, 0.6) is 5.75 Å². The Kier molecular flexibility index (Phi) is 8.09. The smallest absolute Gasteiger partial charge is 0.213 e. The highest BCUT2D eigenvalue weighted by Gasteiger charge is 2.17. The first-order valence-corrected chi connectivity index (χ1v) is 10.9. The van der Waals surface area contributed by atoms with Crippen LogP contribution in [0.15, 0.2) is 24.3 Å². The van der Waals surface area contributed by atoms with Gasteiger partial charge in [-0.3, -0.25) is 0 Å². The van der Waals surface area contributed by atoms with Gasteiger partial charge in [0.1, 0.15) is 5.75 Å². The summed E-state index contributed by atoms with van der Waals surface area (Å²) in [4.78, 5) is 0. The van der Waals surface area contributed by atoms with Crippen molar-refractivity contribution >= 4 is 21.8 Å². The van der Waals surface area contributed by atoms with Crippen LogP contribution in [0.25, 0.3) is 0 Å². The lowest BCUT2D eigenvalue weighted by molar-refractivity contribution is 0.343. The van der Waals surface area contributed by atoms with Gasteiger partial charge in [-0.1, -0.05) is 39.8 Å². The van der Waals surface area contributed by atoms with E-state index >= 15 is 0 Å². The van der Waals surface area contributed by atoms with E-state index in [2.05, 4.69) is 25.5 Å². The van der Waals surface area contributed by atoms with E-state index in [1.54, 1.807) is 13.8 Å². The Balaban J connectivity index is 2.46. The fourth-order valence-electron chi connectivity index (χ4n) is 1.93. The highest BCUT2D eigenvalue weighted by molar-refractivity contribution is 8.00. The number of rotatable bonds is 9. The van der Waals surface area contributed by atoms with Gasteiger partial charge in [0.25, 0.3) is 0 Å². The molecule has 6 heteroatoms. The molecule has 138 valence electrons. The molecule has 0 heterocycles. The zero-order valence-corrected chi connectivity index (χ0v) is 17.3. The molecule has 0 aliphatic rings. The lowest BCUT2D eigenvalue weighted by atomic mass is 10.0. The second kappa shape index (κ2) is 9.11. The van der Waals surface area contributed by atoms with Crippen molar-refractivity contribution in [2.45, 2.75) is 57.5 Å². The van der Waals surface area contributed by atoms with Gasteiger partial charge in [-0.15, -0.1) is 0 Å². The second-order valence-corrected chi connectivity index (χ2v) is 11.5. The minimum absolute atomic E-state index is 0.115. The zero-order valence-electron chi connectivity index (χ0n) is 15.6. The number of ether oxygens (including phenoxy) is 1. The quantitative estimate of drug-likeness (QED) is 0.664. The first-order valence-electron chi connectivity index (χ1n) is 8.36. The van der Waals surface area contributed by atoms with E-state index in [4.69, 9.17) is 4.74 Å². The molecule has 1 aromatic carbocycles.